The predicted molar refractivity (Wildman–Crippen MR) is 116 cm³/mol. The van der Waals surface area contributed by atoms with Gasteiger partial charge in [-0.15, -0.1) is 14.8 Å². The second-order valence-electron chi connectivity index (χ2n) is 7.41. The fourth-order valence-corrected chi connectivity index (χ4v) is 3.96. The Morgan fingerprint density at radius 3 is 2.58 bits per heavy atom. The van der Waals surface area contributed by atoms with Crippen LogP contribution in [0.2, 0.25) is 5.02 Å². The van der Waals surface area contributed by atoms with Crippen LogP contribution in [0, 0.1) is 5.92 Å². The molecule has 0 amide bonds. The van der Waals surface area contributed by atoms with E-state index in [1.165, 1.54) is 4.63 Å². The summed E-state index contributed by atoms with van der Waals surface area (Å²) in [5.41, 5.74) is 2.63. The molecule has 2 aromatic heterocycles. The molecule has 2 aromatic carbocycles. The third-order valence-electron chi connectivity index (χ3n) is 5.46. The van der Waals surface area contributed by atoms with Crippen molar-refractivity contribution in [3.63, 3.8) is 0 Å². The maximum Gasteiger partial charge on any atom is 0.314 e. The van der Waals surface area contributed by atoms with Crippen LogP contribution in [0.15, 0.2) is 60.7 Å². The number of anilines is 1. The monoisotopic (exact) mass is 434 g/mol. The quantitative estimate of drug-likeness (QED) is 0.358. The zero-order chi connectivity index (χ0) is 21.2. The van der Waals surface area contributed by atoms with Crippen LogP contribution in [0.3, 0.4) is 0 Å². The molecule has 1 fully saturated rings. The molecule has 0 N–H and O–H groups in total. The summed E-state index contributed by atoms with van der Waals surface area (Å²) in [5, 5.41) is 16.1. The minimum absolute atomic E-state index is 0.183. The molecule has 0 radical (unpaired) electrons. The number of fused-ring (bicyclic) bond motifs is 1. The Bertz CT molecular complexity index is 1220. The zero-order valence-corrected chi connectivity index (χ0v) is 17.3. The Morgan fingerprint density at radius 1 is 1.00 bits per heavy atom. The van der Waals surface area contributed by atoms with Crippen LogP contribution >= 0.6 is 11.6 Å². The Balaban J connectivity index is 1.21. The first-order valence-electron chi connectivity index (χ1n) is 10.0. The summed E-state index contributed by atoms with van der Waals surface area (Å²) in [4.78, 5) is 14.8. The first-order chi connectivity index (χ1) is 15.2. The molecule has 4 aromatic rings. The first kappa shape index (κ1) is 19.4. The maximum atomic E-state index is 12.7. The van der Waals surface area contributed by atoms with Crippen molar-refractivity contribution in [2.24, 2.45) is 5.92 Å². The lowest BCUT2D eigenvalue weighted by molar-refractivity contribution is -0.139. The zero-order valence-electron chi connectivity index (χ0n) is 16.6. The summed E-state index contributed by atoms with van der Waals surface area (Å²) in [7, 11) is 0. The lowest BCUT2D eigenvalue weighted by Crippen LogP contribution is -2.38. The van der Waals surface area contributed by atoms with Gasteiger partial charge in [-0.1, -0.05) is 48.0 Å². The lowest BCUT2D eigenvalue weighted by Gasteiger charge is -2.31. The van der Waals surface area contributed by atoms with E-state index in [0.29, 0.717) is 42.4 Å². The number of carbonyl (C=O) groups excluding carboxylic acids is 1. The number of carbonyl (C=O) groups is 1. The molecule has 5 rings (SSSR count). The number of hydrogen-bond acceptors (Lipinski definition) is 7. The number of hydrogen-bond donors (Lipinski definition) is 0. The van der Waals surface area contributed by atoms with Crippen LogP contribution in [-0.4, -0.2) is 44.3 Å². The minimum Gasteiger partial charge on any atom is -0.425 e. The van der Waals surface area contributed by atoms with Crippen molar-refractivity contribution in [2.75, 3.05) is 18.0 Å². The van der Waals surface area contributed by atoms with Gasteiger partial charge < -0.3 is 9.64 Å². The molecule has 1 aliphatic rings. The number of benzene rings is 2. The van der Waals surface area contributed by atoms with Crippen LogP contribution in [0.4, 0.5) is 5.82 Å². The molecule has 0 bridgehead atoms. The normalized spacial score (nSPS) is 14.7. The number of nitrogens with zero attached hydrogens (tertiary/aromatic N) is 6. The molecule has 1 aliphatic heterocycles. The van der Waals surface area contributed by atoms with Crippen LogP contribution in [-0.2, 0) is 4.79 Å². The minimum atomic E-state index is -0.252. The van der Waals surface area contributed by atoms with E-state index in [1.807, 2.05) is 54.6 Å². The fourth-order valence-electron chi connectivity index (χ4n) is 3.74. The van der Waals surface area contributed by atoms with Gasteiger partial charge in [-0.2, -0.15) is 0 Å². The van der Waals surface area contributed by atoms with Gasteiger partial charge in [-0.3, -0.25) is 4.79 Å². The smallest absolute Gasteiger partial charge is 0.314 e. The predicted octanol–water partition coefficient (Wildman–Crippen LogP) is 3.66. The highest BCUT2D eigenvalue weighted by Gasteiger charge is 2.28. The first-order valence-corrected chi connectivity index (χ1v) is 10.4. The van der Waals surface area contributed by atoms with Crippen molar-refractivity contribution in [3.05, 3.63) is 65.7 Å². The second kappa shape index (κ2) is 8.31. The van der Waals surface area contributed by atoms with Gasteiger partial charge in [0.25, 0.3) is 0 Å². The van der Waals surface area contributed by atoms with Gasteiger partial charge in [0.1, 0.15) is 5.75 Å². The summed E-state index contributed by atoms with van der Waals surface area (Å²) < 4.78 is 7.03. The third-order valence-corrected chi connectivity index (χ3v) is 5.75. The van der Waals surface area contributed by atoms with E-state index in [4.69, 9.17) is 16.3 Å². The van der Waals surface area contributed by atoms with Gasteiger partial charge in [-0.05, 0) is 58.7 Å². The van der Waals surface area contributed by atoms with Crippen LogP contribution < -0.4 is 9.64 Å². The van der Waals surface area contributed by atoms with Crippen molar-refractivity contribution < 1.29 is 9.53 Å². The van der Waals surface area contributed by atoms with E-state index in [2.05, 4.69) is 25.5 Å². The summed E-state index contributed by atoms with van der Waals surface area (Å²) in [6.45, 7) is 1.39. The van der Waals surface area contributed by atoms with Gasteiger partial charge in [0, 0.05) is 13.1 Å². The van der Waals surface area contributed by atoms with Gasteiger partial charge in [0.05, 0.1) is 10.9 Å². The highest BCUT2D eigenvalue weighted by Crippen LogP contribution is 2.32. The summed E-state index contributed by atoms with van der Waals surface area (Å²) in [6.07, 6.45) is 1.35. The van der Waals surface area contributed by atoms with Crippen molar-refractivity contribution in [1.29, 1.82) is 0 Å². The molecule has 0 unspecified atom stereocenters. The molecule has 0 saturated carbocycles. The highest BCUT2D eigenvalue weighted by molar-refractivity contribution is 6.32. The van der Waals surface area contributed by atoms with Crippen LogP contribution in [0.1, 0.15) is 12.8 Å². The molecule has 9 heteroatoms. The molecule has 156 valence electrons. The molecule has 0 aliphatic carbocycles. The summed E-state index contributed by atoms with van der Waals surface area (Å²) in [5.74, 6) is 0.738. The molecule has 8 nitrogen and oxygen atoms in total. The Hall–Kier alpha value is -3.52. The van der Waals surface area contributed by atoms with E-state index in [9.17, 15) is 4.79 Å². The van der Waals surface area contributed by atoms with Gasteiger partial charge in [0.2, 0.25) is 0 Å². The average molecular weight is 435 g/mol. The number of aromatic nitrogens is 5. The third kappa shape index (κ3) is 4.06. The molecule has 0 atom stereocenters. The topological polar surface area (TPSA) is 85.5 Å². The molecule has 0 spiro atoms. The number of esters is 1. The van der Waals surface area contributed by atoms with Crippen molar-refractivity contribution in [2.45, 2.75) is 12.8 Å². The SMILES string of the molecule is O=C(Oc1ccc(-c2ccccc2)cc1Cl)C1CCN(c2ccc3nnnn3n2)CC1. The van der Waals surface area contributed by atoms with E-state index < -0.39 is 0 Å². The Morgan fingerprint density at radius 2 is 1.81 bits per heavy atom. The molecular weight excluding hydrogens is 416 g/mol. The number of tetrazole rings is 1. The molecule has 1 saturated heterocycles. The number of ether oxygens (including phenoxy) is 1. The number of halogens is 1. The maximum absolute atomic E-state index is 12.7. The van der Waals surface area contributed by atoms with Crippen molar-refractivity contribution in [3.8, 4) is 16.9 Å². The number of piperidine rings is 1. The highest BCUT2D eigenvalue weighted by atomic mass is 35.5. The molecular formula is C22H19ClN6O2. The standard InChI is InChI=1S/C22H19ClN6O2/c23-18-14-17(15-4-2-1-3-5-15)6-7-19(18)31-22(30)16-10-12-28(13-11-16)21-9-8-20-24-26-27-29(20)25-21/h1-9,14,16H,10-13H2. The van der Waals surface area contributed by atoms with E-state index >= 15 is 0 Å². The Kier molecular flexibility index (Phi) is 5.21. The van der Waals surface area contributed by atoms with Gasteiger partial charge in [-0.25, -0.2) is 0 Å². The van der Waals surface area contributed by atoms with Crippen molar-refractivity contribution in [1.82, 2.24) is 25.3 Å². The lowest BCUT2D eigenvalue weighted by atomic mass is 9.97. The van der Waals surface area contributed by atoms with Gasteiger partial charge in [0.15, 0.2) is 11.5 Å². The summed E-state index contributed by atoms with van der Waals surface area (Å²) >= 11 is 6.39. The van der Waals surface area contributed by atoms with Crippen LogP contribution in [0.25, 0.3) is 16.8 Å². The van der Waals surface area contributed by atoms with E-state index in [1.54, 1.807) is 6.07 Å². The van der Waals surface area contributed by atoms with E-state index in [-0.39, 0.29) is 11.9 Å². The van der Waals surface area contributed by atoms with Gasteiger partial charge >= 0.3 is 5.97 Å². The number of rotatable bonds is 4. The second-order valence-corrected chi connectivity index (χ2v) is 7.82. The largest absolute Gasteiger partial charge is 0.425 e. The molecule has 3 heterocycles. The molecule has 31 heavy (non-hydrogen) atoms. The van der Waals surface area contributed by atoms with Crippen molar-refractivity contribution >= 4 is 29.0 Å². The fraction of sp³-hybridized carbons (Fsp3) is 0.227. The Labute approximate surface area is 183 Å². The average Bonchev–Trinajstić information content (AvgIpc) is 3.29. The van der Waals surface area contributed by atoms with E-state index in [0.717, 1.165) is 16.9 Å². The summed E-state index contributed by atoms with van der Waals surface area (Å²) in [6, 6.07) is 19.1. The van der Waals surface area contributed by atoms with Crippen LogP contribution in [0.5, 0.6) is 5.75 Å².